The van der Waals surface area contributed by atoms with Gasteiger partial charge in [-0.3, -0.25) is 9.59 Å². The van der Waals surface area contributed by atoms with Gasteiger partial charge in [0.05, 0.1) is 5.39 Å². The number of hydrogen-bond donors (Lipinski definition) is 1. The summed E-state index contributed by atoms with van der Waals surface area (Å²) in [6, 6.07) is 7.43. The van der Waals surface area contributed by atoms with E-state index in [1.807, 2.05) is 19.1 Å². The summed E-state index contributed by atoms with van der Waals surface area (Å²) in [5.74, 6) is 0.310. The van der Waals surface area contributed by atoms with Gasteiger partial charge >= 0.3 is 0 Å². The summed E-state index contributed by atoms with van der Waals surface area (Å²) < 4.78 is 1.42. The fourth-order valence-corrected chi connectivity index (χ4v) is 3.53. The molecule has 2 aromatic rings. The molecule has 5 nitrogen and oxygen atoms in total. The lowest BCUT2D eigenvalue weighted by atomic mass is 9.86. The standard InChI is InChI=1S/C19H25N3O2/c1-3-12-22-19(24)15-10-6-5-9-14(15)17(21-22)18(23)20-16-11-7-4-8-13(16)2/h5-6,9-10,13,16H,3-4,7-8,11-12H2,1-2H3,(H,20,23). The molecule has 0 spiro atoms. The lowest BCUT2D eigenvalue weighted by Gasteiger charge is -2.29. The number of aryl methyl sites for hydroxylation is 1. The predicted octanol–water partition coefficient (Wildman–Crippen LogP) is 3.12. The highest BCUT2D eigenvalue weighted by molar-refractivity contribution is 6.04. The molecule has 1 aliphatic rings. The first-order valence-electron chi connectivity index (χ1n) is 8.92. The van der Waals surface area contributed by atoms with Crippen molar-refractivity contribution in [1.82, 2.24) is 15.1 Å². The van der Waals surface area contributed by atoms with Crippen LogP contribution < -0.4 is 10.9 Å². The van der Waals surface area contributed by atoms with Crippen molar-refractivity contribution >= 4 is 16.7 Å². The van der Waals surface area contributed by atoms with Crippen LogP contribution in [0.2, 0.25) is 0 Å². The van der Waals surface area contributed by atoms with Crippen molar-refractivity contribution in [1.29, 1.82) is 0 Å². The van der Waals surface area contributed by atoms with Crippen LogP contribution >= 0.6 is 0 Å². The molecule has 1 aliphatic carbocycles. The van der Waals surface area contributed by atoms with Crippen molar-refractivity contribution < 1.29 is 4.79 Å². The topological polar surface area (TPSA) is 64.0 Å². The average Bonchev–Trinajstić information content (AvgIpc) is 2.59. The van der Waals surface area contributed by atoms with Gasteiger partial charge in [0.25, 0.3) is 11.5 Å². The molecule has 1 heterocycles. The third kappa shape index (κ3) is 3.21. The first kappa shape index (κ1) is 16.7. The molecule has 24 heavy (non-hydrogen) atoms. The van der Waals surface area contributed by atoms with Crippen LogP contribution in [0.3, 0.4) is 0 Å². The van der Waals surface area contributed by atoms with Gasteiger partial charge in [0.2, 0.25) is 0 Å². The predicted molar refractivity (Wildman–Crippen MR) is 95.2 cm³/mol. The molecule has 2 atom stereocenters. The molecule has 1 saturated carbocycles. The highest BCUT2D eigenvalue weighted by atomic mass is 16.2. The normalized spacial score (nSPS) is 20.9. The molecule has 0 bridgehead atoms. The number of amides is 1. The van der Waals surface area contributed by atoms with E-state index in [1.165, 1.54) is 11.1 Å². The van der Waals surface area contributed by atoms with Crippen LogP contribution in [0.4, 0.5) is 0 Å². The zero-order chi connectivity index (χ0) is 17.1. The Morgan fingerprint density at radius 1 is 1.25 bits per heavy atom. The number of carbonyl (C=O) groups is 1. The van der Waals surface area contributed by atoms with Gasteiger partial charge in [-0.05, 0) is 31.2 Å². The molecule has 0 saturated heterocycles. The number of aromatic nitrogens is 2. The molecule has 0 aliphatic heterocycles. The maximum Gasteiger partial charge on any atom is 0.274 e. The number of nitrogens with zero attached hydrogens (tertiary/aromatic N) is 2. The summed E-state index contributed by atoms with van der Waals surface area (Å²) in [4.78, 5) is 25.4. The number of benzene rings is 1. The van der Waals surface area contributed by atoms with Crippen LogP contribution in [0.5, 0.6) is 0 Å². The fourth-order valence-electron chi connectivity index (χ4n) is 3.53. The van der Waals surface area contributed by atoms with E-state index in [-0.39, 0.29) is 17.5 Å². The Morgan fingerprint density at radius 3 is 2.67 bits per heavy atom. The summed E-state index contributed by atoms with van der Waals surface area (Å²) >= 11 is 0. The highest BCUT2D eigenvalue weighted by Crippen LogP contribution is 2.24. The Kier molecular flexibility index (Phi) is 4.97. The van der Waals surface area contributed by atoms with Gasteiger partial charge in [-0.25, -0.2) is 4.68 Å². The molecule has 128 valence electrons. The van der Waals surface area contributed by atoms with E-state index in [4.69, 9.17) is 0 Å². The van der Waals surface area contributed by atoms with Crippen molar-refractivity contribution in [2.75, 3.05) is 0 Å². The number of hydrogen-bond acceptors (Lipinski definition) is 3. The van der Waals surface area contributed by atoms with Gasteiger partial charge in [-0.2, -0.15) is 5.10 Å². The highest BCUT2D eigenvalue weighted by Gasteiger charge is 2.25. The summed E-state index contributed by atoms with van der Waals surface area (Å²) in [5, 5.41) is 8.71. The maximum absolute atomic E-state index is 12.9. The minimum absolute atomic E-state index is 0.130. The maximum atomic E-state index is 12.9. The monoisotopic (exact) mass is 327 g/mol. The van der Waals surface area contributed by atoms with Crippen molar-refractivity contribution in [3.05, 3.63) is 40.3 Å². The summed E-state index contributed by atoms with van der Waals surface area (Å²) in [7, 11) is 0. The Hall–Kier alpha value is -2.17. The molecule has 1 aromatic heterocycles. The van der Waals surface area contributed by atoms with Crippen LogP contribution in [-0.4, -0.2) is 21.7 Å². The molecular weight excluding hydrogens is 302 g/mol. The first-order chi connectivity index (χ1) is 11.6. The van der Waals surface area contributed by atoms with Crippen LogP contribution in [0.1, 0.15) is 56.4 Å². The van der Waals surface area contributed by atoms with E-state index < -0.39 is 0 Å². The van der Waals surface area contributed by atoms with Crippen molar-refractivity contribution in [3.8, 4) is 0 Å². The molecule has 5 heteroatoms. The van der Waals surface area contributed by atoms with Gasteiger partial charge in [-0.15, -0.1) is 0 Å². The van der Waals surface area contributed by atoms with Crippen LogP contribution in [-0.2, 0) is 6.54 Å². The number of carbonyl (C=O) groups excluding carboxylic acids is 1. The Bertz CT molecular complexity index is 797. The van der Waals surface area contributed by atoms with Crippen molar-refractivity contribution in [3.63, 3.8) is 0 Å². The Morgan fingerprint density at radius 2 is 1.96 bits per heavy atom. The van der Waals surface area contributed by atoms with Crippen LogP contribution in [0.15, 0.2) is 29.1 Å². The fraction of sp³-hybridized carbons (Fsp3) is 0.526. The van der Waals surface area contributed by atoms with E-state index in [0.29, 0.717) is 28.9 Å². The van der Waals surface area contributed by atoms with Gasteiger partial charge in [0.1, 0.15) is 0 Å². The number of rotatable bonds is 4. The second kappa shape index (κ2) is 7.16. The van der Waals surface area contributed by atoms with E-state index in [1.54, 1.807) is 12.1 Å². The third-order valence-electron chi connectivity index (χ3n) is 4.95. The van der Waals surface area contributed by atoms with E-state index in [0.717, 1.165) is 25.7 Å². The molecular formula is C19H25N3O2. The van der Waals surface area contributed by atoms with Gasteiger partial charge in [-0.1, -0.05) is 44.9 Å². The Labute approximate surface area is 142 Å². The smallest absolute Gasteiger partial charge is 0.274 e. The van der Waals surface area contributed by atoms with E-state index in [9.17, 15) is 9.59 Å². The average molecular weight is 327 g/mol. The van der Waals surface area contributed by atoms with Crippen LogP contribution in [0.25, 0.3) is 10.8 Å². The first-order valence-corrected chi connectivity index (χ1v) is 8.92. The largest absolute Gasteiger partial charge is 0.348 e. The second-order valence-corrected chi connectivity index (χ2v) is 6.76. The molecule has 1 N–H and O–H groups in total. The zero-order valence-corrected chi connectivity index (χ0v) is 14.4. The molecule has 0 radical (unpaired) electrons. The molecule has 3 rings (SSSR count). The quantitative estimate of drug-likeness (QED) is 0.938. The van der Waals surface area contributed by atoms with E-state index >= 15 is 0 Å². The SMILES string of the molecule is CCCn1nc(C(=O)NC2CCCCC2C)c2ccccc2c1=O. The minimum Gasteiger partial charge on any atom is -0.348 e. The van der Waals surface area contributed by atoms with Crippen molar-refractivity contribution in [2.24, 2.45) is 5.92 Å². The number of fused-ring (bicyclic) bond motifs is 1. The second-order valence-electron chi connectivity index (χ2n) is 6.76. The molecule has 1 fully saturated rings. The summed E-state index contributed by atoms with van der Waals surface area (Å²) in [6.07, 6.45) is 5.34. The van der Waals surface area contributed by atoms with E-state index in [2.05, 4.69) is 17.3 Å². The number of nitrogens with one attached hydrogen (secondary N) is 1. The lowest BCUT2D eigenvalue weighted by Crippen LogP contribution is -2.42. The molecule has 1 aromatic carbocycles. The van der Waals surface area contributed by atoms with Gasteiger partial charge in [0, 0.05) is 18.0 Å². The zero-order valence-electron chi connectivity index (χ0n) is 14.4. The summed E-state index contributed by atoms with van der Waals surface area (Å²) in [6.45, 7) is 4.70. The van der Waals surface area contributed by atoms with Gasteiger partial charge < -0.3 is 5.32 Å². The van der Waals surface area contributed by atoms with Crippen LogP contribution in [0, 0.1) is 5.92 Å². The third-order valence-corrected chi connectivity index (χ3v) is 4.95. The van der Waals surface area contributed by atoms with Gasteiger partial charge in [0.15, 0.2) is 5.69 Å². The molecule has 2 unspecified atom stereocenters. The lowest BCUT2D eigenvalue weighted by molar-refractivity contribution is 0.0904. The minimum atomic E-state index is -0.171. The Balaban J connectivity index is 1.99. The summed E-state index contributed by atoms with van der Waals surface area (Å²) in [5.41, 5.74) is 0.228. The van der Waals surface area contributed by atoms with Crippen molar-refractivity contribution in [2.45, 2.75) is 58.5 Å². The molecule has 1 amide bonds.